The van der Waals surface area contributed by atoms with Crippen molar-refractivity contribution in [3.05, 3.63) is 57.2 Å². The zero-order valence-electron chi connectivity index (χ0n) is 9.34. The second-order valence-corrected chi connectivity index (χ2v) is 3.97. The van der Waals surface area contributed by atoms with Gasteiger partial charge in [0, 0.05) is 18.8 Å². The fourth-order valence-corrected chi connectivity index (χ4v) is 1.72. The Bertz CT molecular complexity index is 613. The van der Waals surface area contributed by atoms with Gasteiger partial charge in [0.05, 0.1) is 7.11 Å². The molecule has 0 amide bonds. The third kappa shape index (κ3) is 2.82. The Morgan fingerprint density at radius 1 is 1.29 bits per heavy atom. The second kappa shape index (κ2) is 4.97. The van der Waals surface area contributed by atoms with Crippen LogP contribution in [0.5, 0.6) is 5.75 Å². The Hall–Kier alpha value is -1.88. The van der Waals surface area contributed by atoms with Gasteiger partial charge in [0.1, 0.15) is 5.75 Å². The first-order valence-corrected chi connectivity index (χ1v) is 5.52. The minimum Gasteiger partial charge on any atom is -0.497 e. The average Bonchev–Trinajstić information content (AvgIpc) is 2.34. The van der Waals surface area contributed by atoms with E-state index in [9.17, 15) is 4.79 Å². The lowest BCUT2D eigenvalue weighted by Gasteiger charge is -2.06. The lowest BCUT2D eigenvalue weighted by molar-refractivity contribution is 0.414. The molecule has 4 nitrogen and oxygen atoms in total. The van der Waals surface area contributed by atoms with Crippen molar-refractivity contribution in [3.8, 4) is 5.75 Å². The number of benzene rings is 1. The van der Waals surface area contributed by atoms with Gasteiger partial charge in [-0.15, -0.1) is 0 Å². The number of hydrogen-bond acceptors (Lipinski definition) is 3. The monoisotopic (exact) mass is 248 g/mol. The van der Waals surface area contributed by atoms with E-state index in [1.54, 1.807) is 17.9 Å². The van der Waals surface area contributed by atoms with Crippen LogP contribution in [-0.4, -0.2) is 16.7 Å². The van der Waals surface area contributed by atoms with E-state index in [1.165, 1.54) is 6.07 Å². The van der Waals surface area contributed by atoms with Crippen molar-refractivity contribution in [1.29, 1.82) is 0 Å². The second-order valence-electron chi connectivity index (χ2n) is 3.59. The summed E-state index contributed by atoms with van der Waals surface area (Å²) in [7, 11) is 1.63. The smallest absolute Gasteiger partial charge is 0.251 e. The average molecular weight is 248 g/mol. The lowest BCUT2D eigenvalue weighted by atomic mass is 10.2. The molecule has 1 aromatic heterocycles. The van der Waals surface area contributed by atoms with Crippen LogP contribution in [0, 0.1) is 4.77 Å². The first-order chi connectivity index (χ1) is 8.19. The molecule has 0 aliphatic carbocycles. The SMILES string of the molecule is COc1ccc(Cn2ccc(=O)[nH]c2=S)cc1. The van der Waals surface area contributed by atoms with Crippen molar-refractivity contribution >= 4 is 12.2 Å². The maximum absolute atomic E-state index is 11.0. The maximum atomic E-state index is 11.0. The van der Waals surface area contributed by atoms with Gasteiger partial charge >= 0.3 is 0 Å². The topological polar surface area (TPSA) is 47.0 Å². The minimum atomic E-state index is -0.180. The van der Waals surface area contributed by atoms with Crippen molar-refractivity contribution in [3.63, 3.8) is 0 Å². The first-order valence-electron chi connectivity index (χ1n) is 5.12. The van der Waals surface area contributed by atoms with Gasteiger partial charge in [0.2, 0.25) is 0 Å². The molecule has 17 heavy (non-hydrogen) atoms. The molecule has 1 N–H and O–H groups in total. The Kier molecular flexibility index (Phi) is 3.39. The molecule has 0 saturated carbocycles. The predicted molar refractivity (Wildman–Crippen MR) is 68.0 cm³/mol. The Morgan fingerprint density at radius 3 is 2.59 bits per heavy atom. The lowest BCUT2D eigenvalue weighted by Crippen LogP contribution is -2.11. The van der Waals surface area contributed by atoms with E-state index in [1.807, 2.05) is 24.3 Å². The molecule has 2 rings (SSSR count). The zero-order chi connectivity index (χ0) is 12.3. The van der Waals surface area contributed by atoms with Gasteiger partial charge in [0.15, 0.2) is 4.77 Å². The fraction of sp³-hybridized carbons (Fsp3) is 0.167. The Morgan fingerprint density at radius 2 is 2.00 bits per heavy atom. The highest BCUT2D eigenvalue weighted by molar-refractivity contribution is 7.71. The summed E-state index contributed by atoms with van der Waals surface area (Å²) in [4.78, 5) is 13.6. The number of rotatable bonds is 3. The number of ether oxygens (including phenoxy) is 1. The molecule has 0 spiro atoms. The number of nitrogens with zero attached hydrogens (tertiary/aromatic N) is 1. The molecule has 2 aromatic rings. The molecule has 5 heteroatoms. The van der Waals surface area contributed by atoms with Crippen molar-refractivity contribution < 1.29 is 4.74 Å². The number of hydrogen-bond donors (Lipinski definition) is 1. The molecule has 0 radical (unpaired) electrons. The van der Waals surface area contributed by atoms with Gasteiger partial charge < -0.3 is 9.30 Å². The van der Waals surface area contributed by atoms with Crippen LogP contribution in [0.3, 0.4) is 0 Å². The molecule has 0 aliphatic rings. The fourth-order valence-electron chi connectivity index (χ4n) is 1.50. The van der Waals surface area contributed by atoms with E-state index in [0.29, 0.717) is 11.3 Å². The van der Waals surface area contributed by atoms with E-state index in [-0.39, 0.29) is 5.56 Å². The molecule has 0 unspecified atom stereocenters. The third-order valence-electron chi connectivity index (χ3n) is 2.41. The van der Waals surface area contributed by atoms with Gasteiger partial charge in [-0.2, -0.15) is 0 Å². The number of H-pyrrole nitrogens is 1. The standard InChI is InChI=1S/C12H12N2O2S/c1-16-10-4-2-9(3-5-10)8-14-7-6-11(15)13-12(14)17/h2-7H,8H2,1H3,(H,13,15,17). The molecule has 0 fully saturated rings. The van der Waals surface area contributed by atoms with Crippen LogP contribution in [0.4, 0.5) is 0 Å². The molecule has 0 atom stereocenters. The van der Waals surface area contributed by atoms with Gasteiger partial charge in [-0.1, -0.05) is 12.1 Å². The molecule has 0 bridgehead atoms. The number of aromatic amines is 1. The molecule has 88 valence electrons. The Labute approximate surface area is 104 Å². The van der Waals surface area contributed by atoms with E-state index in [0.717, 1.165) is 11.3 Å². The van der Waals surface area contributed by atoms with Crippen LogP contribution in [0.2, 0.25) is 0 Å². The molecular weight excluding hydrogens is 236 g/mol. The summed E-state index contributed by atoms with van der Waals surface area (Å²) in [5.41, 5.74) is 0.912. The Balaban J connectivity index is 2.25. The highest BCUT2D eigenvalue weighted by Gasteiger charge is 1.97. The van der Waals surface area contributed by atoms with E-state index in [4.69, 9.17) is 17.0 Å². The summed E-state index contributed by atoms with van der Waals surface area (Å²) in [6, 6.07) is 9.17. The minimum absolute atomic E-state index is 0.180. The summed E-state index contributed by atoms with van der Waals surface area (Å²) in [6.45, 7) is 0.625. The van der Waals surface area contributed by atoms with Crippen molar-refractivity contribution in [2.24, 2.45) is 0 Å². The third-order valence-corrected chi connectivity index (χ3v) is 2.75. The highest BCUT2D eigenvalue weighted by Crippen LogP contribution is 2.12. The highest BCUT2D eigenvalue weighted by atomic mass is 32.1. The zero-order valence-corrected chi connectivity index (χ0v) is 10.2. The van der Waals surface area contributed by atoms with Crippen molar-refractivity contribution in [1.82, 2.24) is 9.55 Å². The van der Waals surface area contributed by atoms with E-state index < -0.39 is 0 Å². The summed E-state index contributed by atoms with van der Waals surface area (Å²) < 4.78 is 7.31. The van der Waals surface area contributed by atoms with Gasteiger partial charge in [-0.25, -0.2) is 0 Å². The van der Waals surface area contributed by atoms with Crippen LogP contribution < -0.4 is 10.3 Å². The molecular formula is C12H12N2O2S. The molecule has 1 heterocycles. The van der Waals surface area contributed by atoms with Gasteiger partial charge in [-0.05, 0) is 29.9 Å². The van der Waals surface area contributed by atoms with Crippen LogP contribution in [0.25, 0.3) is 0 Å². The van der Waals surface area contributed by atoms with Crippen molar-refractivity contribution in [2.75, 3.05) is 7.11 Å². The van der Waals surface area contributed by atoms with Crippen molar-refractivity contribution in [2.45, 2.75) is 6.54 Å². The quantitative estimate of drug-likeness (QED) is 0.845. The summed E-state index contributed by atoms with van der Waals surface area (Å²) in [6.07, 6.45) is 1.69. The van der Waals surface area contributed by atoms with E-state index in [2.05, 4.69) is 4.98 Å². The van der Waals surface area contributed by atoms with Crippen LogP contribution in [0.15, 0.2) is 41.3 Å². The maximum Gasteiger partial charge on any atom is 0.251 e. The summed E-state index contributed by atoms with van der Waals surface area (Å²) in [5, 5.41) is 0. The summed E-state index contributed by atoms with van der Waals surface area (Å²) in [5.74, 6) is 0.818. The number of nitrogens with one attached hydrogen (secondary N) is 1. The van der Waals surface area contributed by atoms with E-state index >= 15 is 0 Å². The summed E-state index contributed by atoms with van der Waals surface area (Å²) >= 11 is 5.07. The molecule has 0 aliphatic heterocycles. The molecule has 0 saturated heterocycles. The first kappa shape index (κ1) is 11.6. The van der Waals surface area contributed by atoms with Gasteiger partial charge in [0.25, 0.3) is 5.56 Å². The normalized spacial score (nSPS) is 10.2. The number of methoxy groups -OCH3 is 1. The predicted octanol–water partition coefficient (Wildman–Crippen LogP) is 1.96. The largest absolute Gasteiger partial charge is 0.497 e. The number of aromatic nitrogens is 2. The van der Waals surface area contributed by atoms with Gasteiger partial charge in [-0.3, -0.25) is 9.78 Å². The molecule has 1 aromatic carbocycles. The van der Waals surface area contributed by atoms with Crippen LogP contribution in [0.1, 0.15) is 5.56 Å². The van der Waals surface area contributed by atoms with Crippen LogP contribution >= 0.6 is 12.2 Å². The van der Waals surface area contributed by atoms with Crippen LogP contribution in [-0.2, 0) is 6.54 Å².